The Labute approximate surface area is 239 Å². The number of rotatable bonds is 8. The first-order valence-corrected chi connectivity index (χ1v) is 13.7. The maximum atomic E-state index is 13.8. The van der Waals surface area contributed by atoms with Crippen LogP contribution in [0.3, 0.4) is 0 Å². The lowest BCUT2D eigenvalue weighted by molar-refractivity contribution is -0.133. The van der Waals surface area contributed by atoms with Crippen molar-refractivity contribution in [3.63, 3.8) is 0 Å². The maximum Gasteiger partial charge on any atom is 0.269 e. The van der Waals surface area contributed by atoms with Crippen molar-refractivity contribution in [2.75, 3.05) is 39.9 Å². The molecular weight excluding hydrogens is 518 g/mol. The van der Waals surface area contributed by atoms with E-state index in [-0.39, 0.29) is 24.1 Å². The van der Waals surface area contributed by atoms with E-state index < -0.39 is 5.91 Å². The highest BCUT2D eigenvalue weighted by Crippen LogP contribution is 2.27. The number of hydrogen-bond donors (Lipinski definition) is 1. The molecule has 1 aromatic heterocycles. The van der Waals surface area contributed by atoms with Gasteiger partial charge in [-0.05, 0) is 65.9 Å². The normalized spacial score (nSPS) is 14.6. The molecule has 0 spiro atoms. The Kier molecular flexibility index (Phi) is 8.28. The first-order valence-electron chi connectivity index (χ1n) is 13.7. The van der Waals surface area contributed by atoms with E-state index in [9.17, 15) is 14.4 Å². The van der Waals surface area contributed by atoms with Crippen LogP contribution in [0.4, 0.5) is 0 Å². The van der Waals surface area contributed by atoms with Gasteiger partial charge in [-0.25, -0.2) is 4.98 Å². The number of nitrogens with two attached hydrogens (primary N) is 1. The largest absolute Gasteiger partial charge is 0.379 e. The fourth-order valence-electron chi connectivity index (χ4n) is 5.21. The second kappa shape index (κ2) is 12.0. The topological polar surface area (TPSA) is 111 Å². The van der Waals surface area contributed by atoms with Gasteiger partial charge in [0.2, 0.25) is 11.8 Å². The minimum atomic E-state index is -0.460. The number of likely N-dealkylation sites (N-methyl/N-ethyl adjacent to an activating group) is 1. The predicted molar refractivity (Wildman–Crippen MR) is 159 cm³/mol. The lowest BCUT2D eigenvalue weighted by atomic mass is 9.98. The van der Waals surface area contributed by atoms with Crippen LogP contribution in [0, 0.1) is 13.8 Å². The number of aryl methyl sites for hydroxylation is 2. The molecule has 2 amide bonds. The summed E-state index contributed by atoms with van der Waals surface area (Å²) in [5.41, 5.74) is 11.9. The quantitative estimate of drug-likeness (QED) is 0.359. The Morgan fingerprint density at radius 2 is 1.59 bits per heavy atom. The molecule has 212 valence electrons. The molecule has 0 bridgehead atoms. The number of fused-ring (bicyclic) bond motifs is 1. The van der Waals surface area contributed by atoms with Crippen molar-refractivity contribution in [3.05, 3.63) is 99.5 Å². The van der Waals surface area contributed by atoms with Gasteiger partial charge in [0.25, 0.3) is 5.56 Å². The van der Waals surface area contributed by atoms with Crippen LogP contribution in [0.1, 0.15) is 33.1 Å². The highest BCUT2D eigenvalue weighted by atomic mass is 16.5. The van der Waals surface area contributed by atoms with Crippen molar-refractivity contribution < 1.29 is 14.3 Å². The molecule has 1 fully saturated rings. The van der Waals surface area contributed by atoms with Gasteiger partial charge in [0.15, 0.2) is 0 Å². The van der Waals surface area contributed by atoms with Crippen molar-refractivity contribution in [2.24, 2.45) is 5.73 Å². The molecule has 5 rings (SSSR count). The lowest BCUT2D eigenvalue weighted by Gasteiger charge is -2.35. The minimum absolute atomic E-state index is 0.0826. The third-order valence-electron chi connectivity index (χ3n) is 7.95. The Morgan fingerprint density at radius 3 is 2.22 bits per heavy atom. The Balaban J connectivity index is 1.43. The van der Waals surface area contributed by atoms with Crippen molar-refractivity contribution >= 4 is 22.8 Å². The van der Waals surface area contributed by atoms with Crippen LogP contribution in [0.15, 0.2) is 71.7 Å². The number of amides is 2. The molecule has 2 heterocycles. The zero-order chi connectivity index (χ0) is 29.1. The smallest absolute Gasteiger partial charge is 0.269 e. The fraction of sp³-hybridized carbons (Fsp3) is 0.312. The fourth-order valence-corrected chi connectivity index (χ4v) is 5.21. The summed E-state index contributed by atoms with van der Waals surface area (Å²) in [7, 11) is 1.80. The molecule has 9 nitrogen and oxygen atoms in total. The summed E-state index contributed by atoms with van der Waals surface area (Å²) in [6.45, 7) is 7.43. The van der Waals surface area contributed by atoms with Crippen molar-refractivity contribution in [2.45, 2.75) is 26.4 Å². The van der Waals surface area contributed by atoms with E-state index in [0.29, 0.717) is 36.4 Å². The molecule has 1 aliphatic heterocycles. The number of morpholine rings is 1. The van der Waals surface area contributed by atoms with Crippen LogP contribution in [0.2, 0.25) is 0 Å². The minimum Gasteiger partial charge on any atom is -0.379 e. The third-order valence-corrected chi connectivity index (χ3v) is 7.95. The van der Waals surface area contributed by atoms with Crippen LogP contribution in [-0.4, -0.2) is 71.1 Å². The molecule has 2 N–H and O–H groups in total. The average molecular weight is 554 g/mol. The second-order valence-corrected chi connectivity index (χ2v) is 10.6. The van der Waals surface area contributed by atoms with E-state index >= 15 is 0 Å². The summed E-state index contributed by atoms with van der Waals surface area (Å²) in [5, 5.41) is 0. The Morgan fingerprint density at radius 1 is 0.976 bits per heavy atom. The molecule has 4 aromatic rings. The molecule has 0 saturated carbocycles. The van der Waals surface area contributed by atoms with E-state index in [2.05, 4.69) is 9.88 Å². The number of carbonyl (C=O) groups excluding carboxylic acids is 2. The highest BCUT2D eigenvalue weighted by molar-refractivity contribution is 5.93. The SMILES string of the molecule is Cc1cc2ncc(=O)n(CC(=O)N(C)C(CN3CCOCC3)c3ccc(-c4ccc(C(N)=O)cc4)cc3)c2cc1C. The molecule has 1 saturated heterocycles. The first-order chi connectivity index (χ1) is 19.7. The van der Waals surface area contributed by atoms with E-state index in [4.69, 9.17) is 10.5 Å². The van der Waals surface area contributed by atoms with Gasteiger partial charge in [0.1, 0.15) is 6.54 Å². The number of ether oxygens (including phenoxy) is 1. The number of carbonyl (C=O) groups is 2. The summed E-state index contributed by atoms with van der Waals surface area (Å²) < 4.78 is 7.05. The van der Waals surface area contributed by atoms with E-state index in [1.54, 1.807) is 24.1 Å². The molecule has 9 heteroatoms. The van der Waals surface area contributed by atoms with Gasteiger partial charge in [0, 0.05) is 32.2 Å². The molecule has 41 heavy (non-hydrogen) atoms. The molecular formula is C32H35N5O4. The Hall–Kier alpha value is -4.34. The monoisotopic (exact) mass is 553 g/mol. The number of primary amides is 1. The molecule has 1 atom stereocenters. The molecule has 0 aliphatic carbocycles. The molecule has 3 aromatic carbocycles. The molecule has 1 aliphatic rings. The van der Waals surface area contributed by atoms with Crippen LogP contribution >= 0.6 is 0 Å². The van der Waals surface area contributed by atoms with Crippen LogP contribution in [0.5, 0.6) is 0 Å². The number of nitrogens with zero attached hydrogens (tertiary/aromatic N) is 4. The van der Waals surface area contributed by atoms with Crippen molar-refractivity contribution in [3.8, 4) is 11.1 Å². The van der Waals surface area contributed by atoms with Crippen LogP contribution in [-0.2, 0) is 16.1 Å². The van der Waals surface area contributed by atoms with Gasteiger partial charge in [-0.15, -0.1) is 0 Å². The van der Waals surface area contributed by atoms with Gasteiger partial charge in [-0.1, -0.05) is 36.4 Å². The Bertz CT molecular complexity index is 1620. The predicted octanol–water partition coefficient (Wildman–Crippen LogP) is 3.31. The van der Waals surface area contributed by atoms with Gasteiger partial charge >= 0.3 is 0 Å². The summed E-state index contributed by atoms with van der Waals surface area (Å²) in [6.07, 6.45) is 1.28. The highest BCUT2D eigenvalue weighted by Gasteiger charge is 2.26. The molecule has 1 unspecified atom stereocenters. The zero-order valence-electron chi connectivity index (χ0n) is 23.7. The number of benzene rings is 3. The maximum absolute atomic E-state index is 13.8. The van der Waals surface area contributed by atoms with Crippen molar-refractivity contribution in [1.82, 2.24) is 19.4 Å². The zero-order valence-corrected chi connectivity index (χ0v) is 23.7. The van der Waals surface area contributed by atoms with E-state index in [1.807, 2.05) is 62.4 Å². The summed E-state index contributed by atoms with van der Waals surface area (Å²) in [4.78, 5) is 46.4. The summed E-state index contributed by atoms with van der Waals surface area (Å²) in [6, 6.07) is 18.9. The van der Waals surface area contributed by atoms with Gasteiger partial charge in [0.05, 0.1) is 36.5 Å². The van der Waals surface area contributed by atoms with Gasteiger partial charge in [-0.2, -0.15) is 0 Å². The van der Waals surface area contributed by atoms with Gasteiger partial charge in [-0.3, -0.25) is 23.9 Å². The van der Waals surface area contributed by atoms with E-state index in [1.165, 1.54) is 10.8 Å². The third kappa shape index (κ3) is 6.21. The van der Waals surface area contributed by atoms with E-state index in [0.717, 1.165) is 40.9 Å². The van der Waals surface area contributed by atoms with Crippen LogP contribution in [0.25, 0.3) is 22.2 Å². The van der Waals surface area contributed by atoms with Gasteiger partial charge < -0.3 is 15.4 Å². The summed E-state index contributed by atoms with van der Waals surface area (Å²) in [5.74, 6) is -0.625. The average Bonchev–Trinajstić information content (AvgIpc) is 2.98. The standard InChI is InChI=1S/C32H35N5O4/c1-21-16-27-28(17-22(21)2)37(30(38)18-34-27)20-31(39)35(3)29(19-36-12-14-41-15-13-36)25-8-4-23(5-9-25)24-6-10-26(11-7-24)32(33)40/h4-11,16-18,29H,12-15,19-20H2,1-3H3,(H2,33,40). The van der Waals surface area contributed by atoms with Crippen molar-refractivity contribution in [1.29, 1.82) is 0 Å². The first kappa shape index (κ1) is 28.2. The lowest BCUT2D eigenvalue weighted by Crippen LogP contribution is -2.45. The summed E-state index contributed by atoms with van der Waals surface area (Å²) >= 11 is 0. The van der Waals surface area contributed by atoms with Crippen LogP contribution < -0.4 is 11.3 Å². The molecule has 0 radical (unpaired) electrons. The number of hydrogen-bond acceptors (Lipinski definition) is 6. The second-order valence-electron chi connectivity index (χ2n) is 10.6. The number of aromatic nitrogens is 2.